The van der Waals surface area contributed by atoms with Gasteiger partial charge in [0.2, 0.25) is 0 Å². The molecule has 0 aliphatic carbocycles. The lowest BCUT2D eigenvalue weighted by Crippen LogP contribution is -2.38. The molecule has 136 valence electrons. The first-order valence-electron chi connectivity index (χ1n) is 7.95. The van der Waals surface area contributed by atoms with Gasteiger partial charge in [0.25, 0.3) is 5.91 Å². The lowest BCUT2D eigenvalue weighted by molar-refractivity contribution is -0.121. The van der Waals surface area contributed by atoms with E-state index in [1.807, 2.05) is 6.92 Å². The molecule has 0 unspecified atom stereocenters. The van der Waals surface area contributed by atoms with Gasteiger partial charge in [-0.05, 0) is 18.6 Å². The molecule has 1 aromatic carbocycles. The van der Waals surface area contributed by atoms with E-state index in [1.165, 1.54) is 22.7 Å². The van der Waals surface area contributed by atoms with Gasteiger partial charge in [-0.15, -0.1) is 0 Å². The molecule has 0 aromatic heterocycles. The maximum atomic E-state index is 14.3. The Morgan fingerprint density at radius 3 is 2.76 bits per heavy atom. The van der Waals surface area contributed by atoms with Gasteiger partial charge in [-0.25, -0.2) is 17.2 Å². The molecule has 9 heteroatoms. The zero-order valence-electron chi connectivity index (χ0n) is 13.8. The molecule has 2 heterocycles. The normalized spacial score (nSPS) is 27.5. The molecule has 25 heavy (non-hydrogen) atoms. The van der Waals surface area contributed by atoms with Crippen LogP contribution in [0.15, 0.2) is 23.2 Å². The van der Waals surface area contributed by atoms with Gasteiger partial charge >= 0.3 is 0 Å². The highest BCUT2D eigenvalue weighted by Gasteiger charge is 2.50. The van der Waals surface area contributed by atoms with Gasteiger partial charge in [-0.2, -0.15) is 4.99 Å². The molecule has 0 saturated carbocycles. The number of carbonyl (C=O) groups is 1. The van der Waals surface area contributed by atoms with E-state index >= 15 is 0 Å². The van der Waals surface area contributed by atoms with Crippen LogP contribution < -0.4 is 4.90 Å². The van der Waals surface area contributed by atoms with Gasteiger partial charge in [0, 0.05) is 17.2 Å². The predicted octanol–water partition coefficient (Wildman–Crippen LogP) is 2.61. The summed E-state index contributed by atoms with van der Waals surface area (Å²) in [5.74, 6) is -2.33. The molecule has 0 spiro atoms. The predicted molar refractivity (Wildman–Crippen MR) is 94.6 cm³/mol. The minimum atomic E-state index is -3.24. The number of rotatable bonds is 3. The monoisotopic (exact) mass is 388 g/mol. The van der Waals surface area contributed by atoms with E-state index in [0.717, 1.165) is 12.1 Å². The van der Waals surface area contributed by atoms with Crippen molar-refractivity contribution in [2.24, 2.45) is 10.9 Å². The molecule has 3 atom stereocenters. The van der Waals surface area contributed by atoms with Gasteiger partial charge < -0.3 is 4.90 Å². The van der Waals surface area contributed by atoms with E-state index in [2.05, 4.69) is 4.99 Å². The average molecular weight is 388 g/mol. The maximum Gasteiger partial charge on any atom is 0.250 e. The van der Waals surface area contributed by atoms with E-state index in [1.54, 1.807) is 6.92 Å². The van der Waals surface area contributed by atoms with Crippen molar-refractivity contribution in [2.45, 2.75) is 31.6 Å². The number of nitrogens with zero attached hydrogens (tertiary/aromatic N) is 2. The zero-order chi connectivity index (χ0) is 18.4. The first-order valence-corrected chi connectivity index (χ1v) is 10.7. The molecule has 1 amide bonds. The van der Waals surface area contributed by atoms with Crippen LogP contribution in [0.1, 0.15) is 20.3 Å². The minimum Gasteiger partial charge on any atom is -0.313 e. The number of hydrogen-bond donors (Lipinski definition) is 0. The summed E-state index contributed by atoms with van der Waals surface area (Å²) in [4.78, 5) is 17.7. The largest absolute Gasteiger partial charge is 0.313 e. The van der Waals surface area contributed by atoms with Gasteiger partial charge in [0.05, 0.1) is 23.2 Å². The summed E-state index contributed by atoms with van der Waals surface area (Å²) in [5, 5.41) is -0.0429. The minimum absolute atomic E-state index is 0.0363. The van der Waals surface area contributed by atoms with Crippen molar-refractivity contribution >= 4 is 38.4 Å². The fourth-order valence-corrected chi connectivity index (χ4v) is 6.81. The quantitative estimate of drug-likeness (QED) is 0.796. The number of fused-ring (bicyclic) bond motifs is 1. The highest BCUT2D eigenvalue weighted by atomic mass is 32.2. The summed E-state index contributed by atoms with van der Waals surface area (Å²) in [5.41, 5.74) is 0.0363. The van der Waals surface area contributed by atoms with E-state index < -0.39 is 27.5 Å². The second-order valence-electron chi connectivity index (χ2n) is 6.31. The summed E-state index contributed by atoms with van der Waals surface area (Å²) in [7, 11) is -3.24. The van der Waals surface area contributed by atoms with Gasteiger partial charge in [0.1, 0.15) is 11.6 Å². The summed E-state index contributed by atoms with van der Waals surface area (Å²) in [6.07, 6.45) is 0.617. The van der Waals surface area contributed by atoms with Crippen molar-refractivity contribution < 1.29 is 22.0 Å². The molecule has 2 aliphatic heterocycles. The van der Waals surface area contributed by atoms with Gasteiger partial charge in [-0.3, -0.25) is 4.79 Å². The van der Waals surface area contributed by atoms with E-state index in [-0.39, 0.29) is 39.4 Å². The lowest BCUT2D eigenvalue weighted by Gasteiger charge is -2.25. The Morgan fingerprint density at radius 1 is 1.40 bits per heavy atom. The van der Waals surface area contributed by atoms with Crippen LogP contribution in [0.25, 0.3) is 0 Å². The molecule has 0 bridgehead atoms. The molecular weight excluding hydrogens is 370 g/mol. The van der Waals surface area contributed by atoms with Crippen molar-refractivity contribution in [1.82, 2.24) is 0 Å². The number of amidine groups is 1. The molecular formula is C16H18F2N2O3S2. The summed E-state index contributed by atoms with van der Waals surface area (Å²) < 4.78 is 51.4. The average Bonchev–Trinajstić information content (AvgIpc) is 2.98. The number of aliphatic imine (C=N–C) groups is 1. The molecule has 2 saturated heterocycles. The van der Waals surface area contributed by atoms with Crippen LogP contribution in [0.2, 0.25) is 0 Å². The van der Waals surface area contributed by atoms with E-state index in [9.17, 15) is 22.0 Å². The summed E-state index contributed by atoms with van der Waals surface area (Å²) in [6, 6.07) is 2.58. The van der Waals surface area contributed by atoms with Gasteiger partial charge in [0.15, 0.2) is 15.0 Å². The van der Waals surface area contributed by atoms with Crippen LogP contribution in [0, 0.1) is 17.6 Å². The van der Waals surface area contributed by atoms with Crippen LogP contribution in [0.3, 0.4) is 0 Å². The van der Waals surface area contributed by atoms with Gasteiger partial charge in [-0.1, -0.05) is 25.6 Å². The smallest absolute Gasteiger partial charge is 0.250 e. The van der Waals surface area contributed by atoms with Crippen molar-refractivity contribution in [2.75, 3.05) is 16.4 Å². The Morgan fingerprint density at radius 2 is 2.12 bits per heavy atom. The number of anilines is 1. The molecule has 2 aliphatic rings. The molecule has 1 aromatic rings. The first-order chi connectivity index (χ1) is 11.7. The molecule has 5 nitrogen and oxygen atoms in total. The Bertz CT molecular complexity index is 842. The number of benzene rings is 1. The van der Waals surface area contributed by atoms with Crippen molar-refractivity contribution in [3.8, 4) is 0 Å². The Labute approximate surface area is 149 Å². The number of halogens is 2. The highest BCUT2D eigenvalue weighted by molar-refractivity contribution is 8.16. The number of sulfone groups is 1. The Balaban J connectivity index is 2.04. The fourth-order valence-electron chi connectivity index (χ4n) is 2.90. The Kier molecular flexibility index (Phi) is 4.89. The van der Waals surface area contributed by atoms with Crippen molar-refractivity contribution in [3.05, 3.63) is 29.8 Å². The zero-order valence-corrected chi connectivity index (χ0v) is 15.4. The first kappa shape index (κ1) is 18.3. The van der Waals surface area contributed by atoms with E-state index in [0.29, 0.717) is 6.42 Å². The molecule has 0 N–H and O–H groups in total. The number of carbonyl (C=O) groups excluding carboxylic acids is 1. The third-order valence-electron chi connectivity index (χ3n) is 4.48. The summed E-state index contributed by atoms with van der Waals surface area (Å²) >= 11 is 1.17. The number of thioether (sulfide) groups is 1. The third kappa shape index (κ3) is 3.57. The number of hydrogen-bond acceptors (Lipinski definition) is 4. The topological polar surface area (TPSA) is 66.8 Å². The van der Waals surface area contributed by atoms with Crippen molar-refractivity contribution in [1.29, 1.82) is 0 Å². The maximum absolute atomic E-state index is 14.3. The fraction of sp³-hybridized carbons (Fsp3) is 0.500. The second-order valence-corrected chi connectivity index (χ2v) is 9.67. The van der Waals surface area contributed by atoms with Crippen LogP contribution in [0.4, 0.5) is 14.5 Å². The van der Waals surface area contributed by atoms with Crippen LogP contribution in [0.5, 0.6) is 0 Å². The molecule has 2 fully saturated rings. The second kappa shape index (κ2) is 6.68. The van der Waals surface area contributed by atoms with E-state index in [4.69, 9.17) is 0 Å². The van der Waals surface area contributed by atoms with Crippen molar-refractivity contribution in [3.63, 3.8) is 0 Å². The molecule has 3 rings (SSSR count). The standard InChI is InChI=1S/C16H18F2N2O3S2/c1-3-9(2)15(21)19-16-20(12-5-4-10(17)6-11(12)18)13-7-25(22,23)8-14(13)24-16/h4-6,9,13-14H,3,7-8H2,1-2H3/t9-,13+,14+/m1/s1. The Hall–Kier alpha value is -1.48. The molecule has 0 radical (unpaired) electrons. The van der Waals surface area contributed by atoms with Crippen LogP contribution >= 0.6 is 11.8 Å². The third-order valence-corrected chi connectivity index (χ3v) is 7.69. The van der Waals surface area contributed by atoms with Crippen LogP contribution in [-0.4, -0.2) is 42.3 Å². The lowest BCUT2D eigenvalue weighted by atomic mass is 10.1. The van der Waals surface area contributed by atoms with Crippen LogP contribution in [-0.2, 0) is 14.6 Å². The SMILES string of the molecule is CC[C@@H](C)C(=O)N=C1S[C@H]2CS(=O)(=O)C[C@@H]2N1c1ccc(F)cc1F. The highest BCUT2D eigenvalue weighted by Crippen LogP contribution is 2.41. The summed E-state index contributed by atoms with van der Waals surface area (Å²) in [6.45, 7) is 3.61. The number of amides is 1.